The van der Waals surface area contributed by atoms with Gasteiger partial charge in [0.05, 0.1) is 17.7 Å². The number of amides is 2. The molecule has 1 atom stereocenters. The summed E-state index contributed by atoms with van der Waals surface area (Å²) in [6.45, 7) is 2.02. The molecule has 3 heterocycles. The lowest BCUT2D eigenvalue weighted by Gasteiger charge is -2.16. The largest absolute Gasteiger partial charge is 0.465 e. The van der Waals surface area contributed by atoms with Crippen molar-refractivity contribution >= 4 is 39.7 Å². The summed E-state index contributed by atoms with van der Waals surface area (Å²) in [6, 6.07) is 4.41. The Hall–Kier alpha value is -4.48. The fourth-order valence-electron chi connectivity index (χ4n) is 5.25. The lowest BCUT2D eigenvalue weighted by Crippen LogP contribution is -2.40. The van der Waals surface area contributed by atoms with E-state index in [0.29, 0.717) is 35.0 Å². The second-order valence-electron chi connectivity index (χ2n) is 9.73. The maximum atomic E-state index is 14.8. The predicted molar refractivity (Wildman–Crippen MR) is 134 cm³/mol. The maximum absolute atomic E-state index is 14.8. The molecule has 12 heteroatoms. The Bertz CT molecular complexity index is 1730. The first-order valence-corrected chi connectivity index (χ1v) is 12.1. The van der Waals surface area contributed by atoms with Crippen molar-refractivity contribution in [2.24, 2.45) is 0 Å². The third kappa shape index (κ3) is 3.75. The van der Waals surface area contributed by atoms with Crippen molar-refractivity contribution in [1.82, 2.24) is 19.8 Å². The third-order valence-corrected chi connectivity index (χ3v) is 7.22. The van der Waals surface area contributed by atoms with Gasteiger partial charge in [-0.2, -0.15) is 0 Å². The molecule has 1 saturated heterocycles. The molecule has 1 aliphatic carbocycles. The van der Waals surface area contributed by atoms with Crippen LogP contribution in [-0.4, -0.2) is 44.1 Å². The van der Waals surface area contributed by atoms with Crippen LogP contribution in [0.4, 0.5) is 19.3 Å². The summed E-state index contributed by atoms with van der Waals surface area (Å²) < 4.78 is 36.7. The summed E-state index contributed by atoms with van der Waals surface area (Å²) in [7, 11) is 0. The Morgan fingerprint density at radius 2 is 1.95 bits per heavy atom. The summed E-state index contributed by atoms with van der Waals surface area (Å²) in [4.78, 5) is 43.0. The zero-order valence-corrected chi connectivity index (χ0v) is 20.3. The molecule has 6 rings (SSSR count). The van der Waals surface area contributed by atoms with Crippen molar-refractivity contribution in [3.63, 3.8) is 0 Å². The molecule has 1 aliphatic heterocycles. The first-order valence-electron chi connectivity index (χ1n) is 12.1. The van der Waals surface area contributed by atoms with Gasteiger partial charge in [0.15, 0.2) is 11.1 Å². The van der Waals surface area contributed by atoms with E-state index in [9.17, 15) is 23.2 Å². The van der Waals surface area contributed by atoms with Gasteiger partial charge >= 0.3 is 6.09 Å². The highest BCUT2D eigenvalue weighted by molar-refractivity contribution is 6.04. The molecule has 0 radical (unpaired) electrons. The van der Waals surface area contributed by atoms with Crippen molar-refractivity contribution in [1.29, 1.82) is 0 Å². The van der Waals surface area contributed by atoms with Crippen molar-refractivity contribution in [2.75, 3.05) is 12.3 Å². The van der Waals surface area contributed by atoms with Gasteiger partial charge in [-0.05, 0) is 49.4 Å². The van der Waals surface area contributed by atoms with Crippen LogP contribution >= 0.6 is 0 Å². The molecule has 2 aromatic carbocycles. The zero-order valence-electron chi connectivity index (χ0n) is 20.3. The van der Waals surface area contributed by atoms with Gasteiger partial charge in [0.1, 0.15) is 17.7 Å². The summed E-state index contributed by atoms with van der Waals surface area (Å²) >= 11 is 0. The Kier molecular flexibility index (Phi) is 5.37. The van der Waals surface area contributed by atoms with E-state index in [2.05, 4.69) is 10.3 Å². The number of aromatic nitrogens is 2. The van der Waals surface area contributed by atoms with Gasteiger partial charge in [-0.1, -0.05) is 6.07 Å². The Labute approximate surface area is 213 Å². The van der Waals surface area contributed by atoms with E-state index in [1.165, 1.54) is 4.90 Å². The molecule has 0 unspecified atom stereocenters. The number of nitrogen functional groups attached to an aromatic ring is 1. The van der Waals surface area contributed by atoms with Crippen LogP contribution in [0.25, 0.3) is 33.1 Å². The van der Waals surface area contributed by atoms with E-state index < -0.39 is 29.7 Å². The molecule has 2 amide bonds. The number of nitrogens with one attached hydrogen (secondary N) is 1. The van der Waals surface area contributed by atoms with Crippen molar-refractivity contribution < 1.29 is 27.9 Å². The number of carbonyl (C=O) groups excluding carboxylic acids is 1. The number of carboxylic acid groups (broad SMARTS) is 1. The number of fused-ring (bicyclic) bond motifs is 3. The molecule has 2 aliphatic rings. The van der Waals surface area contributed by atoms with Crippen LogP contribution in [0.1, 0.15) is 36.8 Å². The molecule has 0 spiro atoms. The number of carbonyl (C=O) groups is 2. The third-order valence-electron chi connectivity index (χ3n) is 7.22. The predicted octanol–water partition coefficient (Wildman–Crippen LogP) is 3.68. The van der Waals surface area contributed by atoms with Gasteiger partial charge in [-0.15, -0.1) is 0 Å². The molecule has 1 saturated carbocycles. The number of hydrogen-bond donors (Lipinski definition) is 3. The number of halogens is 2. The minimum atomic E-state index is -1.28. The number of benzene rings is 2. The zero-order chi connectivity index (χ0) is 26.9. The summed E-state index contributed by atoms with van der Waals surface area (Å²) in [6.07, 6.45) is 0.614. The lowest BCUT2D eigenvalue weighted by atomic mass is 9.96. The van der Waals surface area contributed by atoms with Crippen molar-refractivity contribution in [2.45, 2.75) is 44.8 Å². The Balaban J connectivity index is 1.48. The second kappa shape index (κ2) is 8.54. The highest BCUT2D eigenvalue weighted by atomic mass is 19.1. The molecule has 2 aromatic heterocycles. The Morgan fingerprint density at radius 3 is 2.66 bits per heavy atom. The Morgan fingerprint density at radius 1 is 1.18 bits per heavy atom. The number of oxazole rings is 1. The van der Waals surface area contributed by atoms with Crippen LogP contribution in [0.3, 0.4) is 0 Å². The van der Waals surface area contributed by atoms with Gasteiger partial charge < -0.3 is 30.0 Å². The van der Waals surface area contributed by atoms with Crippen molar-refractivity contribution in [3.05, 3.63) is 57.7 Å². The molecule has 10 nitrogen and oxygen atoms in total. The van der Waals surface area contributed by atoms with Crippen LogP contribution in [0.2, 0.25) is 0 Å². The monoisotopic (exact) mass is 523 g/mol. The highest BCUT2D eigenvalue weighted by Crippen LogP contribution is 2.41. The normalized spacial score (nSPS) is 17.6. The summed E-state index contributed by atoms with van der Waals surface area (Å²) in [5.41, 5.74) is 6.77. The van der Waals surface area contributed by atoms with Crippen LogP contribution in [0, 0.1) is 18.6 Å². The molecule has 0 bridgehead atoms. The minimum Gasteiger partial charge on any atom is -0.465 e. The summed E-state index contributed by atoms with van der Waals surface area (Å²) in [5, 5.41) is 11.7. The van der Waals surface area contributed by atoms with E-state index in [0.717, 1.165) is 25.0 Å². The number of pyridine rings is 1. The molecular weight excluding hydrogens is 500 g/mol. The number of anilines is 1. The fourth-order valence-corrected chi connectivity index (χ4v) is 5.25. The van der Waals surface area contributed by atoms with Gasteiger partial charge in [-0.25, -0.2) is 18.6 Å². The average molecular weight is 523 g/mol. The van der Waals surface area contributed by atoms with Crippen LogP contribution in [0.5, 0.6) is 0 Å². The number of rotatable bonds is 5. The molecule has 38 heavy (non-hydrogen) atoms. The topological polar surface area (TPSA) is 144 Å². The molecule has 4 N–H and O–H groups in total. The van der Waals surface area contributed by atoms with E-state index in [4.69, 9.17) is 15.3 Å². The second-order valence-corrected chi connectivity index (χ2v) is 9.73. The van der Waals surface area contributed by atoms with Crippen LogP contribution in [-0.2, 0) is 11.3 Å². The first-order chi connectivity index (χ1) is 18.1. The molecular formula is C26H23F2N5O5. The number of hydrogen-bond acceptors (Lipinski definition) is 6. The van der Waals surface area contributed by atoms with Crippen LogP contribution < -0.4 is 16.6 Å². The number of nitrogens with zero attached hydrogens (tertiary/aromatic N) is 3. The number of likely N-dealkylation sites (tertiary alicyclic amines) is 1. The average Bonchev–Trinajstić information content (AvgIpc) is 3.52. The van der Waals surface area contributed by atoms with E-state index in [1.807, 2.05) is 0 Å². The summed E-state index contributed by atoms with van der Waals surface area (Å²) in [5.74, 6) is -1.67. The SMILES string of the molecule is Cc1c(-c2cc(F)c(N)cc2F)ccc2c3oc(CN4CC[C@H](NC(=O)O)C4=O)nc3c(=O)n(C3CC3)c12. The standard InChI is InChI=1S/C26H23F2N5O5/c1-11-13(15-8-17(28)18(29)9-16(15)27)4-5-14-22(11)33(12-2-3-12)25(35)21-23(14)38-20(31-21)10-32-7-6-19(24(32)34)30-26(36)37/h4-5,8-9,12,19,30H,2-3,6-7,10,29H2,1H3,(H,36,37)/t19-/m0/s1. The van der Waals surface area contributed by atoms with E-state index in [-0.39, 0.29) is 46.4 Å². The van der Waals surface area contributed by atoms with Gasteiger partial charge in [0, 0.05) is 29.6 Å². The quantitative estimate of drug-likeness (QED) is 0.339. The van der Waals surface area contributed by atoms with Crippen molar-refractivity contribution in [3.8, 4) is 11.1 Å². The smallest absolute Gasteiger partial charge is 0.405 e. The van der Waals surface area contributed by atoms with Crippen LogP contribution in [0.15, 0.2) is 33.5 Å². The number of nitrogens with two attached hydrogens (primary N) is 1. The van der Waals surface area contributed by atoms with Gasteiger partial charge in [-0.3, -0.25) is 9.59 Å². The lowest BCUT2D eigenvalue weighted by molar-refractivity contribution is -0.130. The fraction of sp³-hybridized carbons (Fsp3) is 0.308. The molecule has 2 fully saturated rings. The maximum Gasteiger partial charge on any atom is 0.405 e. The molecule has 4 aromatic rings. The van der Waals surface area contributed by atoms with Gasteiger partial charge in [0.25, 0.3) is 5.56 Å². The molecule has 196 valence electrons. The minimum absolute atomic E-state index is 0.0251. The first kappa shape index (κ1) is 23.9. The van der Waals surface area contributed by atoms with E-state index in [1.54, 1.807) is 23.6 Å². The van der Waals surface area contributed by atoms with E-state index >= 15 is 0 Å². The van der Waals surface area contributed by atoms with Gasteiger partial charge in [0.2, 0.25) is 11.8 Å². The number of aryl methyl sites for hydroxylation is 1. The highest BCUT2D eigenvalue weighted by Gasteiger charge is 2.34.